The second kappa shape index (κ2) is 5.43. The number of hydrogen-bond donors (Lipinski definition) is 0. The SMILES string of the molecule is O=C(c1ccccc1)N(Cl)Cc1ccc2c(c1)OCO2. The van der Waals surface area contributed by atoms with Gasteiger partial charge in [-0.05, 0) is 29.8 Å². The third-order valence-electron chi connectivity index (χ3n) is 3.00. The molecule has 2 aromatic rings. The zero-order valence-electron chi connectivity index (χ0n) is 10.6. The standard InChI is InChI=1S/C15H12ClNO3/c16-17(15(18)12-4-2-1-3-5-12)9-11-6-7-13-14(8-11)20-10-19-13/h1-8H,9-10H2. The average Bonchev–Trinajstić information content (AvgIpc) is 2.95. The number of halogens is 1. The molecule has 20 heavy (non-hydrogen) atoms. The first-order valence-corrected chi connectivity index (χ1v) is 6.49. The first-order chi connectivity index (χ1) is 9.74. The lowest BCUT2D eigenvalue weighted by Crippen LogP contribution is -2.20. The molecule has 0 aromatic heterocycles. The molecule has 1 heterocycles. The molecule has 4 nitrogen and oxygen atoms in total. The van der Waals surface area contributed by atoms with E-state index in [1.165, 1.54) is 0 Å². The van der Waals surface area contributed by atoms with E-state index in [2.05, 4.69) is 0 Å². The summed E-state index contributed by atoms with van der Waals surface area (Å²) in [5.41, 5.74) is 1.44. The summed E-state index contributed by atoms with van der Waals surface area (Å²) in [5.74, 6) is 1.16. The molecular formula is C15H12ClNO3. The first kappa shape index (κ1) is 12.8. The minimum Gasteiger partial charge on any atom is -0.454 e. The number of benzene rings is 2. The van der Waals surface area contributed by atoms with Crippen LogP contribution in [0.2, 0.25) is 0 Å². The largest absolute Gasteiger partial charge is 0.454 e. The van der Waals surface area contributed by atoms with E-state index in [0.29, 0.717) is 23.6 Å². The number of amides is 1. The highest BCUT2D eigenvalue weighted by atomic mass is 35.5. The van der Waals surface area contributed by atoms with Gasteiger partial charge in [-0.15, -0.1) is 0 Å². The van der Waals surface area contributed by atoms with Crippen molar-refractivity contribution in [1.82, 2.24) is 4.42 Å². The van der Waals surface area contributed by atoms with E-state index < -0.39 is 0 Å². The van der Waals surface area contributed by atoms with E-state index >= 15 is 0 Å². The molecule has 2 aromatic carbocycles. The van der Waals surface area contributed by atoms with Crippen LogP contribution in [0.3, 0.4) is 0 Å². The van der Waals surface area contributed by atoms with Crippen molar-refractivity contribution in [2.24, 2.45) is 0 Å². The molecule has 1 aliphatic heterocycles. The second-order valence-electron chi connectivity index (χ2n) is 4.38. The molecule has 0 radical (unpaired) electrons. The Balaban J connectivity index is 1.73. The average molecular weight is 290 g/mol. The van der Waals surface area contributed by atoms with E-state index in [0.717, 1.165) is 9.98 Å². The summed E-state index contributed by atoms with van der Waals surface area (Å²) in [6.45, 7) is 0.526. The fourth-order valence-electron chi connectivity index (χ4n) is 1.99. The van der Waals surface area contributed by atoms with Gasteiger partial charge in [0.1, 0.15) is 0 Å². The number of carbonyl (C=O) groups is 1. The van der Waals surface area contributed by atoms with Gasteiger partial charge < -0.3 is 9.47 Å². The number of rotatable bonds is 3. The minimum absolute atomic E-state index is 0.228. The lowest BCUT2D eigenvalue weighted by Gasteiger charge is -2.14. The zero-order valence-corrected chi connectivity index (χ0v) is 11.3. The summed E-state index contributed by atoms with van der Waals surface area (Å²) in [6, 6.07) is 14.4. The van der Waals surface area contributed by atoms with Crippen molar-refractivity contribution in [3.8, 4) is 11.5 Å². The molecule has 0 fully saturated rings. The van der Waals surface area contributed by atoms with E-state index in [9.17, 15) is 4.79 Å². The molecule has 0 atom stereocenters. The third kappa shape index (κ3) is 2.56. The summed E-state index contributed by atoms with van der Waals surface area (Å²) >= 11 is 6.06. The Morgan fingerprint density at radius 3 is 2.65 bits per heavy atom. The van der Waals surface area contributed by atoms with E-state index in [1.54, 1.807) is 24.3 Å². The van der Waals surface area contributed by atoms with Gasteiger partial charge in [0.2, 0.25) is 6.79 Å². The van der Waals surface area contributed by atoms with Crippen LogP contribution in [0, 0.1) is 0 Å². The van der Waals surface area contributed by atoms with Crippen LogP contribution in [-0.4, -0.2) is 17.1 Å². The maximum atomic E-state index is 12.1. The van der Waals surface area contributed by atoms with Crippen molar-refractivity contribution < 1.29 is 14.3 Å². The van der Waals surface area contributed by atoms with Gasteiger partial charge in [-0.25, -0.2) is 4.42 Å². The van der Waals surface area contributed by atoms with Crippen LogP contribution in [0.15, 0.2) is 48.5 Å². The first-order valence-electron chi connectivity index (χ1n) is 6.15. The maximum absolute atomic E-state index is 12.1. The fraction of sp³-hybridized carbons (Fsp3) is 0.133. The summed E-state index contributed by atoms with van der Waals surface area (Å²) in [5, 5.41) is 0. The van der Waals surface area contributed by atoms with Gasteiger partial charge in [-0.1, -0.05) is 24.3 Å². The van der Waals surface area contributed by atoms with E-state index in [-0.39, 0.29) is 12.7 Å². The molecule has 0 spiro atoms. The van der Waals surface area contributed by atoms with Crippen LogP contribution in [0.1, 0.15) is 15.9 Å². The van der Waals surface area contributed by atoms with Crippen LogP contribution >= 0.6 is 11.8 Å². The quantitative estimate of drug-likeness (QED) is 0.815. The van der Waals surface area contributed by atoms with Crippen LogP contribution in [0.25, 0.3) is 0 Å². The topological polar surface area (TPSA) is 38.8 Å². The van der Waals surface area contributed by atoms with E-state index in [4.69, 9.17) is 21.3 Å². The molecule has 0 bridgehead atoms. The van der Waals surface area contributed by atoms with Crippen molar-refractivity contribution in [3.63, 3.8) is 0 Å². The molecule has 0 saturated carbocycles. The smallest absolute Gasteiger partial charge is 0.268 e. The van der Waals surface area contributed by atoms with Crippen LogP contribution in [0.5, 0.6) is 11.5 Å². The second-order valence-corrected chi connectivity index (χ2v) is 4.79. The van der Waals surface area contributed by atoms with Gasteiger partial charge in [0.15, 0.2) is 11.5 Å². The van der Waals surface area contributed by atoms with Crippen molar-refractivity contribution in [3.05, 3.63) is 59.7 Å². The third-order valence-corrected chi connectivity index (χ3v) is 3.27. The molecule has 0 saturated heterocycles. The highest BCUT2D eigenvalue weighted by molar-refractivity contribution is 6.23. The van der Waals surface area contributed by atoms with E-state index in [1.807, 2.05) is 24.3 Å². The number of ether oxygens (including phenoxy) is 2. The summed E-state index contributed by atoms with van der Waals surface area (Å²) in [4.78, 5) is 12.1. The van der Waals surface area contributed by atoms with Crippen LogP contribution in [-0.2, 0) is 6.54 Å². The fourth-order valence-corrected chi connectivity index (χ4v) is 2.23. The van der Waals surface area contributed by atoms with Gasteiger partial charge in [0.25, 0.3) is 5.91 Å². The van der Waals surface area contributed by atoms with Crippen LogP contribution in [0.4, 0.5) is 0 Å². The highest BCUT2D eigenvalue weighted by Gasteiger charge is 2.17. The number of nitrogens with zero attached hydrogens (tertiary/aromatic N) is 1. The highest BCUT2D eigenvalue weighted by Crippen LogP contribution is 2.33. The van der Waals surface area contributed by atoms with Gasteiger partial charge in [0.05, 0.1) is 6.54 Å². The lowest BCUT2D eigenvalue weighted by atomic mass is 10.2. The molecule has 0 aliphatic carbocycles. The lowest BCUT2D eigenvalue weighted by molar-refractivity contribution is 0.0857. The van der Waals surface area contributed by atoms with Crippen LogP contribution < -0.4 is 9.47 Å². The van der Waals surface area contributed by atoms with Gasteiger partial charge in [0, 0.05) is 17.3 Å². The summed E-state index contributed by atoms with van der Waals surface area (Å²) in [6.07, 6.45) is 0. The Hall–Kier alpha value is -2.20. The molecule has 0 unspecified atom stereocenters. The number of fused-ring (bicyclic) bond motifs is 1. The zero-order chi connectivity index (χ0) is 13.9. The number of hydrogen-bond acceptors (Lipinski definition) is 3. The molecule has 1 aliphatic rings. The Morgan fingerprint density at radius 1 is 1.10 bits per heavy atom. The summed E-state index contributed by atoms with van der Waals surface area (Å²) in [7, 11) is 0. The normalized spacial score (nSPS) is 12.2. The molecular weight excluding hydrogens is 278 g/mol. The summed E-state index contributed by atoms with van der Waals surface area (Å²) < 4.78 is 11.7. The molecule has 3 rings (SSSR count). The van der Waals surface area contributed by atoms with Gasteiger partial charge in [-0.3, -0.25) is 4.79 Å². The minimum atomic E-state index is -0.232. The van der Waals surface area contributed by atoms with Crippen molar-refractivity contribution in [2.45, 2.75) is 6.54 Å². The monoisotopic (exact) mass is 289 g/mol. The molecule has 0 N–H and O–H groups in total. The molecule has 1 amide bonds. The van der Waals surface area contributed by atoms with Crippen molar-refractivity contribution in [2.75, 3.05) is 6.79 Å². The molecule has 102 valence electrons. The number of carbonyl (C=O) groups excluding carboxylic acids is 1. The predicted octanol–water partition coefficient (Wildman–Crippen LogP) is 3.21. The Labute approximate surface area is 121 Å². The Morgan fingerprint density at radius 2 is 1.85 bits per heavy atom. The Kier molecular flexibility index (Phi) is 3.48. The van der Waals surface area contributed by atoms with Gasteiger partial charge >= 0.3 is 0 Å². The van der Waals surface area contributed by atoms with Crippen molar-refractivity contribution >= 4 is 17.7 Å². The van der Waals surface area contributed by atoms with Crippen molar-refractivity contribution in [1.29, 1.82) is 0 Å². The predicted molar refractivity (Wildman–Crippen MR) is 74.7 cm³/mol. The molecule has 5 heteroatoms. The van der Waals surface area contributed by atoms with Gasteiger partial charge in [-0.2, -0.15) is 0 Å². The maximum Gasteiger partial charge on any atom is 0.268 e. The Bertz CT molecular complexity index is 630.